The Bertz CT molecular complexity index is 1410. The summed E-state index contributed by atoms with van der Waals surface area (Å²) in [5, 5.41) is 13.1. The molecular weight excluding hydrogens is 485 g/mol. The Morgan fingerprint density at radius 1 is 1.00 bits per heavy atom. The largest absolute Gasteiger partial charge is 0.481 e. The van der Waals surface area contributed by atoms with Gasteiger partial charge in [0.2, 0.25) is 0 Å². The average molecular weight is 516 g/mol. The van der Waals surface area contributed by atoms with Gasteiger partial charge in [0.25, 0.3) is 0 Å². The molecule has 2 heterocycles. The molecule has 0 radical (unpaired) electrons. The molecule has 0 aliphatic rings. The minimum atomic E-state index is -1.07. The fourth-order valence-electron chi connectivity index (χ4n) is 4.53. The van der Waals surface area contributed by atoms with E-state index in [0.29, 0.717) is 35.1 Å². The van der Waals surface area contributed by atoms with E-state index in [2.05, 4.69) is 20.3 Å². The van der Waals surface area contributed by atoms with Crippen molar-refractivity contribution in [2.45, 2.75) is 39.2 Å². The number of pyridine rings is 1. The summed E-state index contributed by atoms with van der Waals surface area (Å²) >= 11 is 0. The Morgan fingerprint density at radius 3 is 2.32 bits per heavy atom. The molecule has 0 aliphatic carbocycles. The number of rotatable bonds is 9. The number of carbonyl (C=O) groups is 1. The van der Waals surface area contributed by atoms with Crippen LogP contribution in [0.1, 0.15) is 44.0 Å². The molecule has 8 nitrogen and oxygen atoms in total. The number of hydrogen-bond donors (Lipinski definition) is 3. The first-order valence-electron chi connectivity index (χ1n) is 12.1. The van der Waals surface area contributed by atoms with Gasteiger partial charge in [0.15, 0.2) is 0 Å². The predicted molar refractivity (Wildman–Crippen MR) is 143 cm³/mol. The smallest absolute Gasteiger partial charge is 0.322 e. The van der Waals surface area contributed by atoms with Gasteiger partial charge in [-0.15, -0.1) is 0 Å². The standard InChI is InChI=1S/C29H30FN5O3/c1-28(2,3)29(17-26(36)37,20-6-8-21(30)9-7-20)24-13-15-33-27(35-24)38-23-10-4-19(5-11-23)18-34-25-16-22(31)12-14-32-25/h4-16H,17-18H2,1-3H3,(H,36,37)(H3,31,32,34). The van der Waals surface area contributed by atoms with Crippen molar-refractivity contribution in [2.24, 2.45) is 5.41 Å². The molecule has 38 heavy (non-hydrogen) atoms. The topological polar surface area (TPSA) is 123 Å². The number of ether oxygens (including phenoxy) is 1. The maximum atomic E-state index is 13.7. The molecule has 0 fully saturated rings. The van der Waals surface area contributed by atoms with E-state index in [1.54, 1.807) is 54.9 Å². The molecule has 4 rings (SSSR count). The van der Waals surface area contributed by atoms with Crippen molar-refractivity contribution in [1.29, 1.82) is 0 Å². The molecule has 0 aliphatic heterocycles. The van der Waals surface area contributed by atoms with Gasteiger partial charge in [-0.1, -0.05) is 45.0 Å². The summed E-state index contributed by atoms with van der Waals surface area (Å²) in [7, 11) is 0. The van der Waals surface area contributed by atoms with Gasteiger partial charge in [0.05, 0.1) is 17.5 Å². The minimum absolute atomic E-state index is 0.0819. The summed E-state index contributed by atoms with van der Waals surface area (Å²) in [6, 6.07) is 18.5. The Hall–Kier alpha value is -4.53. The number of carboxylic acid groups (broad SMARTS) is 1. The monoisotopic (exact) mass is 515 g/mol. The number of aromatic nitrogens is 3. The van der Waals surface area contributed by atoms with Gasteiger partial charge < -0.3 is 20.9 Å². The number of halogens is 1. The van der Waals surface area contributed by atoms with E-state index >= 15 is 0 Å². The number of nitrogens with two attached hydrogens (primary N) is 1. The van der Waals surface area contributed by atoms with E-state index in [-0.39, 0.29) is 12.4 Å². The average Bonchev–Trinajstić information content (AvgIpc) is 2.87. The van der Waals surface area contributed by atoms with Crippen LogP contribution in [-0.4, -0.2) is 26.0 Å². The molecule has 1 atom stereocenters. The van der Waals surface area contributed by atoms with E-state index in [0.717, 1.165) is 5.56 Å². The maximum absolute atomic E-state index is 13.7. The lowest BCUT2D eigenvalue weighted by Gasteiger charge is -2.44. The summed E-state index contributed by atoms with van der Waals surface area (Å²) in [6.45, 7) is 6.36. The van der Waals surface area contributed by atoms with Crippen molar-refractivity contribution < 1.29 is 19.0 Å². The Balaban J connectivity index is 1.59. The van der Waals surface area contributed by atoms with Crippen molar-refractivity contribution >= 4 is 17.5 Å². The lowest BCUT2D eigenvalue weighted by Crippen LogP contribution is -2.44. The summed E-state index contributed by atoms with van der Waals surface area (Å²) in [6.07, 6.45) is 2.94. The van der Waals surface area contributed by atoms with E-state index in [1.807, 2.05) is 32.9 Å². The van der Waals surface area contributed by atoms with Gasteiger partial charge in [0, 0.05) is 30.7 Å². The quantitative estimate of drug-likeness (QED) is 0.255. The molecule has 0 spiro atoms. The van der Waals surface area contributed by atoms with Crippen LogP contribution in [-0.2, 0) is 16.8 Å². The van der Waals surface area contributed by atoms with E-state index in [9.17, 15) is 14.3 Å². The van der Waals surface area contributed by atoms with Crippen LogP contribution in [0.3, 0.4) is 0 Å². The molecule has 2 aromatic heterocycles. The van der Waals surface area contributed by atoms with Gasteiger partial charge in [-0.25, -0.2) is 14.4 Å². The van der Waals surface area contributed by atoms with Crippen LogP contribution < -0.4 is 15.8 Å². The zero-order valence-electron chi connectivity index (χ0n) is 21.5. The predicted octanol–water partition coefficient (Wildman–Crippen LogP) is 5.80. The third-order valence-electron chi connectivity index (χ3n) is 6.49. The molecule has 4 N–H and O–H groups in total. The van der Waals surface area contributed by atoms with Crippen LogP contribution >= 0.6 is 0 Å². The summed E-state index contributed by atoms with van der Waals surface area (Å²) < 4.78 is 19.7. The fraction of sp³-hybridized carbons (Fsp3) is 0.241. The van der Waals surface area contributed by atoms with Crippen molar-refractivity contribution in [3.8, 4) is 11.8 Å². The van der Waals surface area contributed by atoms with Crippen molar-refractivity contribution in [3.05, 3.63) is 102 Å². The summed E-state index contributed by atoms with van der Waals surface area (Å²) in [5.74, 6) is -0.195. The molecule has 0 bridgehead atoms. The molecular formula is C29H30FN5O3. The van der Waals surface area contributed by atoms with E-state index < -0.39 is 22.6 Å². The second-order valence-corrected chi connectivity index (χ2v) is 10.0. The van der Waals surface area contributed by atoms with Gasteiger partial charge in [0.1, 0.15) is 17.4 Å². The molecule has 196 valence electrons. The Morgan fingerprint density at radius 2 is 1.68 bits per heavy atom. The Kier molecular flexibility index (Phi) is 7.57. The number of anilines is 2. The molecule has 0 amide bonds. The summed E-state index contributed by atoms with van der Waals surface area (Å²) in [4.78, 5) is 25.2. The number of nitrogens with one attached hydrogen (secondary N) is 1. The van der Waals surface area contributed by atoms with Crippen molar-refractivity contribution in [1.82, 2.24) is 15.0 Å². The fourth-order valence-corrected chi connectivity index (χ4v) is 4.53. The number of nitrogen functional groups attached to an aromatic ring is 1. The molecule has 2 aromatic carbocycles. The second-order valence-electron chi connectivity index (χ2n) is 10.0. The van der Waals surface area contributed by atoms with Crippen LogP contribution in [0.25, 0.3) is 0 Å². The number of benzene rings is 2. The highest BCUT2D eigenvalue weighted by Gasteiger charge is 2.48. The molecule has 4 aromatic rings. The highest BCUT2D eigenvalue weighted by atomic mass is 19.1. The Labute approximate surface area is 220 Å². The lowest BCUT2D eigenvalue weighted by atomic mass is 9.59. The minimum Gasteiger partial charge on any atom is -0.481 e. The molecule has 0 saturated carbocycles. The van der Waals surface area contributed by atoms with Gasteiger partial charge in [-0.2, -0.15) is 4.98 Å². The SMILES string of the molecule is CC(C)(C)C(CC(=O)O)(c1ccc(F)cc1)c1ccnc(Oc2ccc(CNc3cc(N)ccn3)cc2)n1. The third-order valence-corrected chi connectivity index (χ3v) is 6.49. The van der Waals surface area contributed by atoms with Crippen LogP contribution in [0, 0.1) is 11.2 Å². The highest BCUT2D eigenvalue weighted by Crippen LogP contribution is 2.49. The number of aliphatic carboxylic acids is 1. The van der Waals surface area contributed by atoms with Gasteiger partial charge in [-0.3, -0.25) is 4.79 Å². The highest BCUT2D eigenvalue weighted by molar-refractivity contribution is 5.71. The van der Waals surface area contributed by atoms with E-state index in [1.165, 1.54) is 12.1 Å². The number of nitrogens with zero attached hydrogens (tertiary/aromatic N) is 3. The maximum Gasteiger partial charge on any atom is 0.322 e. The first kappa shape index (κ1) is 26.5. The van der Waals surface area contributed by atoms with Crippen molar-refractivity contribution in [2.75, 3.05) is 11.1 Å². The normalized spacial score (nSPS) is 12.9. The summed E-state index contributed by atoms with van der Waals surface area (Å²) in [5.41, 5.74) is 6.87. The van der Waals surface area contributed by atoms with Crippen LogP contribution in [0.5, 0.6) is 11.8 Å². The first-order valence-corrected chi connectivity index (χ1v) is 12.1. The number of hydrogen-bond acceptors (Lipinski definition) is 7. The first-order chi connectivity index (χ1) is 18.1. The van der Waals surface area contributed by atoms with Crippen LogP contribution in [0.2, 0.25) is 0 Å². The van der Waals surface area contributed by atoms with Crippen LogP contribution in [0.15, 0.2) is 79.1 Å². The van der Waals surface area contributed by atoms with E-state index in [4.69, 9.17) is 10.5 Å². The molecule has 1 unspecified atom stereocenters. The van der Waals surface area contributed by atoms with Crippen LogP contribution in [0.4, 0.5) is 15.9 Å². The molecule has 0 saturated heterocycles. The zero-order valence-corrected chi connectivity index (χ0v) is 21.5. The van der Waals surface area contributed by atoms with Gasteiger partial charge >= 0.3 is 12.0 Å². The van der Waals surface area contributed by atoms with Gasteiger partial charge in [-0.05, 0) is 52.9 Å². The molecule has 9 heteroatoms. The lowest BCUT2D eigenvalue weighted by molar-refractivity contribution is -0.139. The zero-order chi connectivity index (χ0) is 27.3. The van der Waals surface area contributed by atoms with Crippen molar-refractivity contribution in [3.63, 3.8) is 0 Å². The second kappa shape index (κ2) is 10.8. The third kappa shape index (κ3) is 5.88. The number of carboxylic acids is 1.